The second-order valence-corrected chi connectivity index (χ2v) is 8.97. The average Bonchev–Trinajstić information content (AvgIpc) is 3.34. The molecule has 3 rings (SSSR count). The highest BCUT2D eigenvalue weighted by Gasteiger charge is 2.32. The van der Waals surface area contributed by atoms with Crippen molar-refractivity contribution in [3.05, 3.63) is 23.0 Å². The van der Waals surface area contributed by atoms with E-state index < -0.39 is 23.5 Å². The number of nitrogens with one attached hydrogen (secondary N) is 2. The standard InChI is InChI=1S/C22H32FN3O4/c1-6-29-20(27)16-11-17(23)19(13(2)18(16)24-14-7-8-14)26-10-9-15(12-26)25-21(28)30-22(3,4)5/h11,14-15,24H,6-10,12H2,1-5H3,(H,25,28). The van der Waals surface area contributed by atoms with Crippen molar-refractivity contribution in [2.24, 2.45) is 0 Å². The maximum atomic E-state index is 15.1. The van der Waals surface area contributed by atoms with E-state index in [-0.39, 0.29) is 18.2 Å². The quantitative estimate of drug-likeness (QED) is 0.676. The number of anilines is 2. The van der Waals surface area contributed by atoms with Crippen LogP contribution in [0.2, 0.25) is 0 Å². The van der Waals surface area contributed by atoms with Gasteiger partial charge in [0.15, 0.2) is 0 Å². The van der Waals surface area contributed by atoms with Crippen molar-refractivity contribution in [3.8, 4) is 0 Å². The second kappa shape index (κ2) is 8.70. The van der Waals surface area contributed by atoms with Gasteiger partial charge in [0, 0.05) is 19.1 Å². The van der Waals surface area contributed by atoms with Crippen LogP contribution in [0.25, 0.3) is 0 Å². The molecule has 2 fully saturated rings. The molecule has 1 amide bonds. The fraction of sp³-hybridized carbons (Fsp3) is 0.636. The van der Waals surface area contributed by atoms with Gasteiger partial charge < -0.3 is 25.0 Å². The maximum absolute atomic E-state index is 15.1. The van der Waals surface area contributed by atoms with Crippen LogP contribution in [-0.4, -0.2) is 49.4 Å². The van der Waals surface area contributed by atoms with E-state index >= 15 is 4.39 Å². The first-order valence-corrected chi connectivity index (χ1v) is 10.6. The number of hydrogen-bond donors (Lipinski definition) is 2. The largest absolute Gasteiger partial charge is 0.462 e. The summed E-state index contributed by atoms with van der Waals surface area (Å²) in [6.45, 7) is 10.3. The smallest absolute Gasteiger partial charge is 0.407 e. The van der Waals surface area contributed by atoms with Gasteiger partial charge >= 0.3 is 12.1 Å². The molecule has 1 aliphatic heterocycles. The first-order chi connectivity index (χ1) is 14.1. The normalized spacial score (nSPS) is 18.9. The van der Waals surface area contributed by atoms with Gasteiger partial charge in [-0.3, -0.25) is 0 Å². The molecule has 1 aliphatic carbocycles. The molecule has 8 heteroatoms. The summed E-state index contributed by atoms with van der Waals surface area (Å²) in [6, 6.07) is 1.43. The summed E-state index contributed by atoms with van der Waals surface area (Å²) in [5.74, 6) is -0.991. The highest BCUT2D eigenvalue weighted by atomic mass is 19.1. The summed E-state index contributed by atoms with van der Waals surface area (Å²) in [6.07, 6.45) is 2.27. The van der Waals surface area contributed by atoms with Gasteiger partial charge in [-0.15, -0.1) is 0 Å². The number of nitrogens with zero attached hydrogens (tertiary/aromatic N) is 1. The minimum atomic E-state index is -0.572. The van der Waals surface area contributed by atoms with E-state index in [4.69, 9.17) is 9.47 Å². The third-order valence-corrected chi connectivity index (χ3v) is 5.14. The average molecular weight is 422 g/mol. The molecular formula is C22H32FN3O4. The SMILES string of the molecule is CCOC(=O)c1cc(F)c(N2CCC(NC(=O)OC(C)(C)C)C2)c(C)c1NC1CC1. The Bertz CT molecular complexity index is 818. The van der Waals surface area contributed by atoms with Crippen LogP contribution in [0.15, 0.2) is 6.07 Å². The summed E-state index contributed by atoms with van der Waals surface area (Å²) in [4.78, 5) is 26.4. The molecule has 1 unspecified atom stereocenters. The van der Waals surface area contributed by atoms with Crippen LogP contribution in [0.5, 0.6) is 0 Å². The lowest BCUT2D eigenvalue weighted by Crippen LogP contribution is -2.40. The molecule has 2 N–H and O–H groups in total. The van der Waals surface area contributed by atoms with Crippen molar-refractivity contribution < 1.29 is 23.5 Å². The summed E-state index contributed by atoms with van der Waals surface area (Å²) >= 11 is 0. The fourth-order valence-corrected chi connectivity index (χ4v) is 3.70. The zero-order valence-electron chi connectivity index (χ0n) is 18.4. The zero-order chi connectivity index (χ0) is 22.1. The topological polar surface area (TPSA) is 79.9 Å². The van der Waals surface area contributed by atoms with Crippen molar-refractivity contribution in [3.63, 3.8) is 0 Å². The Labute approximate surface area is 177 Å². The predicted molar refractivity (Wildman–Crippen MR) is 114 cm³/mol. The summed E-state index contributed by atoms with van der Waals surface area (Å²) in [7, 11) is 0. The van der Waals surface area contributed by atoms with Gasteiger partial charge in [0.25, 0.3) is 0 Å². The zero-order valence-corrected chi connectivity index (χ0v) is 18.4. The van der Waals surface area contributed by atoms with Gasteiger partial charge in [-0.25, -0.2) is 14.0 Å². The van der Waals surface area contributed by atoms with Gasteiger partial charge in [-0.2, -0.15) is 0 Å². The van der Waals surface area contributed by atoms with E-state index in [1.165, 1.54) is 6.07 Å². The number of benzene rings is 1. The molecule has 1 heterocycles. The maximum Gasteiger partial charge on any atom is 0.407 e. The molecule has 0 radical (unpaired) electrons. The molecule has 30 heavy (non-hydrogen) atoms. The highest BCUT2D eigenvalue weighted by Crippen LogP contribution is 2.38. The molecule has 7 nitrogen and oxygen atoms in total. The van der Waals surface area contributed by atoms with Gasteiger partial charge in [0.2, 0.25) is 0 Å². The lowest BCUT2D eigenvalue weighted by molar-refractivity contribution is 0.0504. The van der Waals surface area contributed by atoms with Crippen LogP contribution >= 0.6 is 0 Å². The molecule has 0 spiro atoms. The number of amides is 1. The fourth-order valence-electron chi connectivity index (χ4n) is 3.70. The minimum Gasteiger partial charge on any atom is -0.462 e. The molecule has 1 aromatic rings. The molecule has 1 atom stereocenters. The molecule has 1 saturated carbocycles. The van der Waals surface area contributed by atoms with Crippen molar-refractivity contribution in [1.82, 2.24) is 5.32 Å². The Morgan fingerprint density at radius 3 is 2.53 bits per heavy atom. The van der Waals surface area contributed by atoms with Gasteiger partial charge in [0.05, 0.1) is 29.6 Å². The first-order valence-electron chi connectivity index (χ1n) is 10.6. The van der Waals surface area contributed by atoms with Crippen molar-refractivity contribution in [2.75, 3.05) is 29.9 Å². The van der Waals surface area contributed by atoms with Gasteiger partial charge in [-0.05, 0) is 65.5 Å². The lowest BCUT2D eigenvalue weighted by atomic mass is 10.0. The van der Waals surface area contributed by atoms with Crippen LogP contribution in [0.4, 0.5) is 20.6 Å². The van der Waals surface area contributed by atoms with Crippen LogP contribution in [0.1, 0.15) is 62.9 Å². The van der Waals surface area contributed by atoms with E-state index in [0.29, 0.717) is 42.5 Å². The van der Waals surface area contributed by atoms with Crippen molar-refractivity contribution in [1.29, 1.82) is 0 Å². The summed E-state index contributed by atoms with van der Waals surface area (Å²) in [5, 5.41) is 6.23. The first kappa shape index (κ1) is 22.2. The van der Waals surface area contributed by atoms with Crippen LogP contribution in [0, 0.1) is 12.7 Å². The number of esters is 1. The number of ether oxygens (including phenoxy) is 2. The molecule has 1 saturated heterocycles. The van der Waals surface area contributed by atoms with E-state index in [1.807, 2.05) is 32.6 Å². The van der Waals surface area contributed by atoms with Gasteiger partial charge in [-0.1, -0.05) is 0 Å². The van der Waals surface area contributed by atoms with Crippen LogP contribution < -0.4 is 15.5 Å². The number of carbonyl (C=O) groups is 2. The number of halogens is 1. The van der Waals surface area contributed by atoms with E-state index in [0.717, 1.165) is 12.8 Å². The monoisotopic (exact) mass is 421 g/mol. The van der Waals surface area contributed by atoms with E-state index in [1.54, 1.807) is 6.92 Å². The Kier molecular flexibility index (Phi) is 6.43. The molecule has 0 bridgehead atoms. The number of carbonyl (C=O) groups excluding carboxylic acids is 2. The molecular weight excluding hydrogens is 389 g/mol. The molecule has 1 aromatic carbocycles. The molecule has 0 aromatic heterocycles. The second-order valence-electron chi connectivity index (χ2n) is 8.97. The van der Waals surface area contributed by atoms with Crippen molar-refractivity contribution in [2.45, 2.75) is 71.6 Å². The van der Waals surface area contributed by atoms with Crippen molar-refractivity contribution >= 4 is 23.4 Å². The number of hydrogen-bond acceptors (Lipinski definition) is 6. The molecule has 166 valence electrons. The van der Waals surface area contributed by atoms with Crippen LogP contribution in [-0.2, 0) is 9.47 Å². The summed E-state index contributed by atoms with van der Waals surface area (Å²) < 4.78 is 25.6. The molecule has 2 aliphatic rings. The Hall–Kier alpha value is -2.51. The predicted octanol–water partition coefficient (Wildman–Crippen LogP) is 3.99. The Balaban J connectivity index is 1.80. The highest BCUT2D eigenvalue weighted by molar-refractivity contribution is 5.98. The van der Waals surface area contributed by atoms with Gasteiger partial charge in [0.1, 0.15) is 11.4 Å². The van der Waals surface area contributed by atoms with Crippen LogP contribution in [0.3, 0.4) is 0 Å². The Morgan fingerprint density at radius 1 is 1.23 bits per heavy atom. The number of alkyl carbamates (subject to hydrolysis) is 1. The summed E-state index contributed by atoms with van der Waals surface area (Å²) in [5.41, 5.74) is 1.43. The third-order valence-electron chi connectivity index (χ3n) is 5.14. The minimum absolute atomic E-state index is 0.136. The number of rotatable bonds is 6. The lowest BCUT2D eigenvalue weighted by Gasteiger charge is -2.26. The Morgan fingerprint density at radius 2 is 1.93 bits per heavy atom. The van der Waals surface area contributed by atoms with E-state index in [9.17, 15) is 9.59 Å². The van der Waals surface area contributed by atoms with E-state index in [2.05, 4.69) is 10.6 Å². The third kappa shape index (κ3) is 5.34.